The molecular weight excluding hydrogens is 162 g/mol. The smallest absolute Gasteiger partial charge is 0.330 e. The van der Waals surface area contributed by atoms with E-state index in [1.165, 1.54) is 0 Å². The molecule has 0 unspecified atom stereocenters. The first-order chi connectivity index (χ1) is 5.18. The fourth-order valence-electron chi connectivity index (χ4n) is 0.479. The van der Waals surface area contributed by atoms with Crippen LogP contribution in [0.25, 0.3) is 0 Å². The maximum atomic E-state index is 10.2. The van der Waals surface area contributed by atoms with Crippen molar-refractivity contribution >= 4 is 23.3 Å². The predicted molar refractivity (Wildman–Crippen MR) is 45.9 cm³/mol. The molecule has 0 fully saturated rings. The van der Waals surface area contributed by atoms with Crippen molar-refractivity contribution in [3.05, 3.63) is 11.6 Å². The normalized spacial score (nSPS) is 10.5. The van der Waals surface area contributed by atoms with Gasteiger partial charge in [0.05, 0.1) is 11.7 Å². The lowest BCUT2D eigenvalue weighted by Crippen LogP contribution is -1.95. The second-order valence-corrected chi connectivity index (χ2v) is 2.14. The summed E-state index contributed by atoms with van der Waals surface area (Å²) in [6, 6.07) is 0. The first-order valence-electron chi connectivity index (χ1n) is 3.12. The molecule has 0 atom stereocenters. The van der Waals surface area contributed by atoms with Crippen molar-refractivity contribution in [1.82, 2.24) is 0 Å². The van der Waals surface area contributed by atoms with Gasteiger partial charge in [-0.1, -0.05) is 6.08 Å². The van der Waals surface area contributed by atoms with Gasteiger partial charge < -0.3 is 5.11 Å². The Hall–Kier alpha value is -0.990. The number of carbonyl (C=O) groups is 1. The van der Waals surface area contributed by atoms with Crippen LogP contribution in [0, 0.1) is 0 Å². The molecule has 0 aromatic rings. The summed E-state index contributed by atoms with van der Waals surface area (Å²) in [4.78, 5) is 13.9. The van der Waals surface area contributed by atoms with Gasteiger partial charge in [-0.05, 0) is 25.6 Å². The predicted octanol–water partition coefficient (Wildman–Crippen LogP) is 1.51. The second kappa shape index (κ2) is 5.77. The molecule has 0 aliphatic heterocycles. The summed E-state index contributed by atoms with van der Waals surface area (Å²) in [5.74, 6) is -0.892. The van der Waals surface area contributed by atoms with Gasteiger partial charge in [-0.25, -0.2) is 9.79 Å². The molecule has 3 nitrogen and oxygen atoms in total. The number of nitrogens with zero attached hydrogens (tertiary/aromatic N) is 1. The molecule has 0 spiro atoms. The van der Waals surface area contributed by atoms with Crippen LogP contribution in [-0.4, -0.2) is 22.8 Å². The van der Waals surface area contributed by atoms with Crippen LogP contribution in [0.3, 0.4) is 0 Å². The topological polar surface area (TPSA) is 49.7 Å². The van der Waals surface area contributed by atoms with Crippen molar-refractivity contribution in [1.29, 1.82) is 0 Å². The van der Waals surface area contributed by atoms with Crippen LogP contribution in [0.4, 0.5) is 0 Å². The van der Waals surface area contributed by atoms with Crippen molar-refractivity contribution in [3.8, 4) is 0 Å². The number of rotatable bonds is 4. The van der Waals surface area contributed by atoms with Crippen molar-refractivity contribution in [3.63, 3.8) is 0 Å². The number of isothiocyanates is 1. The zero-order valence-corrected chi connectivity index (χ0v) is 7.02. The van der Waals surface area contributed by atoms with Crippen molar-refractivity contribution in [2.75, 3.05) is 6.54 Å². The number of aliphatic carboxylic acids is 1. The van der Waals surface area contributed by atoms with Gasteiger partial charge in [0.2, 0.25) is 0 Å². The van der Waals surface area contributed by atoms with Crippen LogP contribution in [0.2, 0.25) is 0 Å². The minimum absolute atomic E-state index is 0.338. The quantitative estimate of drug-likeness (QED) is 0.302. The van der Waals surface area contributed by atoms with Crippen LogP contribution in [0.1, 0.15) is 13.3 Å². The third kappa shape index (κ3) is 5.45. The van der Waals surface area contributed by atoms with E-state index in [2.05, 4.69) is 22.4 Å². The first-order valence-corrected chi connectivity index (χ1v) is 3.53. The molecule has 0 aromatic heterocycles. The van der Waals surface area contributed by atoms with E-state index in [-0.39, 0.29) is 0 Å². The van der Waals surface area contributed by atoms with E-state index in [9.17, 15) is 4.79 Å². The molecule has 4 heteroatoms. The van der Waals surface area contributed by atoms with E-state index in [0.29, 0.717) is 18.5 Å². The first kappa shape index (κ1) is 10.0. The minimum Gasteiger partial charge on any atom is -0.478 e. The largest absolute Gasteiger partial charge is 0.478 e. The van der Waals surface area contributed by atoms with Gasteiger partial charge in [-0.2, -0.15) is 0 Å². The highest BCUT2D eigenvalue weighted by molar-refractivity contribution is 7.78. The van der Waals surface area contributed by atoms with Crippen LogP contribution >= 0.6 is 12.2 Å². The van der Waals surface area contributed by atoms with E-state index in [4.69, 9.17) is 5.11 Å². The zero-order chi connectivity index (χ0) is 8.69. The van der Waals surface area contributed by atoms with Crippen molar-refractivity contribution in [2.45, 2.75) is 13.3 Å². The van der Waals surface area contributed by atoms with Gasteiger partial charge in [0.1, 0.15) is 0 Å². The van der Waals surface area contributed by atoms with Gasteiger partial charge in [-0.3, -0.25) is 0 Å². The van der Waals surface area contributed by atoms with Crippen LogP contribution < -0.4 is 0 Å². The summed E-state index contributed by atoms with van der Waals surface area (Å²) in [6.07, 6.45) is 2.21. The molecule has 0 radical (unpaired) electrons. The lowest BCUT2D eigenvalue weighted by atomic mass is 10.2. The Morgan fingerprint density at radius 2 is 2.45 bits per heavy atom. The second-order valence-electron chi connectivity index (χ2n) is 1.95. The number of carboxylic acids is 1. The molecule has 0 saturated heterocycles. The summed E-state index contributed by atoms with van der Waals surface area (Å²) >= 11 is 4.33. The average Bonchev–Trinajstić information content (AvgIpc) is 1.97. The summed E-state index contributed by atoms with van der Waals surface area (Å²) in [7, 11) is 0. The Kier molecular flexibility index (Phi) is 5.25. The summed E-state index contributed by atoms with van der Waals surface area (Å²) in [5, 5.41) is 10.6. The Balaban J connectivity index is 3.73. The van der Waals surface area contributed by atoms with Crippen molar-refractivity contribution in [2.24, 2.45) is 4.99 Å². The highest BCUT2D eigenvalue weighted by atomic mass is 32.1. The van der Waals surface area contributed by atoms with Crippen LogP contribution in [0.15, 0.2) is 16.6 Å². The monoisotopic (exact) mass is 171 g/mol. The molecule has 0 aromatic carbocycles. The van der Waals surface area contributed by atoms with E-state index >= 15 is 0 Å². The highest BCUT2D eigenvalue weighted by Crippen LogP contribution is 1.94. The number of thiocarbonyl (C=S) groups is 1. The molecule has 0 bridgehead atoms. The lowest BCUT2D eigenvalue weighted by molar-refractivity contribution is -0.132. The fourth-order valence-corrected chi connectivity index (χ4v) is 0.570. The molecule has 1 N–H and O–H groups in total. The van der Waals surface area contributed by atoms with Gasteiger partial charge in [0.25, 0.3) is 0 Å². The Morgan fingerprint density at radius 3 is 2.91 bits per heavy atom. The molecule has 0 saturated carbocycles. The standard InChI is InChI=1S/C7H9NO2S/c1-6(7(9)10)3-2-4-8-5-11/h3H,2,4H2,1H3,(H,9,10). The van der Waals surface area contributed by atoms with E-state index in [0.717, 1.165) is 0 Å². The van der Waals surface area contributed by atoms with Crippen molar-refractivity contribution < 1.29 is 9.90 Å². The molecule has 0 rings (SSSR count). The van der Waals surface area contributed by atoms with E-state index in [1.54, 1.807) is 13.0 Å². The zero-order valence-electron chi connectivity index (χ0n) is 6.20. The molecule has 0 heterocycles. The number of hydrogen-bond donors (Lipinski definition) is 1. The lowest BCUT2D eigenvalue weighted by Gasteiger charge is -1.89. The third-order valence-corrected chi connectivity index (χ3v) is 1.22. The van der Waals surface area contributed by atoms with Crippen LogP contribution in [0.5, 0.6) is 0 Å². The maximum Gasteiger partial charge on any atom is 0.330 e. The van der Waals surface area contributed by atoms with Gasteiger partial charge in [-0.15, -0.1) is 0 Å². The highest BCUT2D eigenvalue weighted by Gasteiger charge is 1.96. The third-order valence-electron chi connectivity index (χ3n) is 1.09. The van der Waals surface area contributed by atoms with Gasteiger partial charge in [0.15, 0.2) is 0 Å². The SMILES string of the molecule is CC(=CCCN=C=S)C(=O)O. The Morgan fingerprint density at radius 1 is 1.82 bits per heavy atom. The van der Waals surface area contributed by atoms with Gasteiger partial charge in [0, 0.05) is 5.57 Å². The number of hydrogen-bond acceptors (Lipinski definition) is 3. The molecule has 0 aliphatic rings. The summed E-state index contributed by atoms with van der Waals surface area (Å²) < 4.78 is 0. The molecular formula is C7H9NO2S. The number of aliphatic imine (C=N–C) groups is 1. The fraction of sp³-hybridized carbons (Fsp3) is 0.429. The Bertz CT molecular complexity index is 216. The maximum absolute atomic E-state index is 10.2. The minimum atomic E-state index is -0.892. The van der Waals surface area contributed by atoms with Gasteiger partial charge >= 0.3 is 5.97 Å². The number of carboxylic acid groups (broad SMARTS) is 1. The van der Waals surface area contributed by atoms with E-state index in [1.807, 2.05) is 0 Å². The molecule has 11 heavy (non-hydrogen) atoms. The molecule has 0 aliphatic carbocycles. The Labute approximate surface area is 70.4 Å². The van der Waals surface area contributed by atoms with Crippen LogP contribution in [-0.2, 0) is 4.79 Å². The molecule has 60 valence electrons. The average molecular weight is 171 g/mol. The molecule has 0 amide bonds. The van der Waals surface area contributed by atoms with E-state index < -0.39 is 5.97 Å². The summed E-state index contributed by atoms with van der Waals surface area (Å²) in [6.45, 7) is 2.05. The summed E-state index contributed by atoms with van der Waals surface area (Å²) in [5.41, 5.74) is 0.338.